The van der Waals surface area contributed by atoms with Gasteiger partial charge in [0.1, 0.15) is 0 Å². The lowest BCUT2D eigenvalue weighted by Gasteiger charge is -1.48. The van der Waals surface area contributed by atoms with Crippen LogP contribution in [0.3, 0.4) is 0 Å². The van der Waals surface area contributed by atoms with Crippen molar-refractivity contribution in [3.05, 3.63) is 0 Å². The molecule has 0 aromatic heterocycles. The van der Waals surface area contributed by atoms with E-state index >= 15 is 0 Å². The monoisotopic (exact) mass is 115 g/mol. The zero-order chi connectivity index (χ0) is 6.12. The fraction of sp³-hybridized carbons (Fsp3) is 0.857. The number of nitriles is 1. The molecular formula is C7H17N. The van der Waals surface area contributed by atoms with Gasteiger partial charge in [-0.3, -0.25) is 0 Å². The molecule has 1 nitrogen and oxygen atoms in total. The second-order valence-electron chi connectivity index (χ2n) is 1.22. The van der Waals surface area contributed by atoms with Crippen LogP contribution in [-0.2, 0) is 0 Å². The average molecular weight is 115 g/mol. The molecule has 0 aliphatic heterocycles. The molecule has 0 N–H and O–H groups in total. The summed E-state index contributed by atoms with van der Waals surface area (Å²) < 4.78 is 0. The van der Waals surface area contributed by atoms with Crippen LogP contribution < -0.4 is 0 Å². The summed E-state index contributed by atoms with van der Waals surface area (Å²) in [6.45, 7) is 6.07. The molecule has 0 bridgehead atoms. The van der Waals surface area contributed by atoms with Crippen molar-refractivity contribution >= 4 is 0 Å². The van der Waals surface area contributed by atoms with Gasteiger partial charge in [0, 0.05) is 6.42 Å². The van der Waals surface area contributed by atoms with Crippen LogP contribution in [-0.4, -0.2) is 0 Å². The highest BCUT2D eigenvalue weighted by Gasteiger charge is 1.49. The minimum atomic E-state index is 0. The highest BCUT2D eigenvalue weighted by Crippen LogP contribution is 1.58. The Bertz CT molecular complexity index is 42.8. The van der Waals surface area contributed by atoms with Crippen LogP contribution in [0.2, 0.25) is 0 Å². The number of hydrogen-bond donors (Lipinski definition) is 0. The first kappa shape index (κ1) is 15.6. The van der Waals surface area contributed by atoms with Gasteiger partial charge in [-0.05, 0) is 0 Å². The molecule has 0 aromatic carbocycles. The molecule has 0 atom stereocenters. The SMILES string of the molecule is C.CCC.CCC#N. The van der Waals surface area contributed by atoms with Crippen LogP contribution in [0.5, 0.6) is 0 Å². The zero-order valence-electron chi connectivity index (χ0n) is 5.36. The predicted octanol–water partition coefficient (Wildman–Crippen LogP) is 2.97. The lowest BCUT2D eigenvalue weighted by Crippen LogP contribution is -1.38. The van der Waals surface area contributed by atoms with Crippen LogP contribution in [0.1, 0.15) is 41.0 Å². The Morgan fingerprint density at radius 3 is 1.38 bits per heavy atom. The molecule has 0 aliphatic rings. The van der Waals surface area contributed by atoms with E-state index in [0.717, 1.165) is 0 Å². The maximum atomic E-state index is 7.62. The van der Waals surface area contributed by atoms with E-state index in [4.69, 9.17) is 5.26 Å². The first-order valence-corrected chi connectivity index (χ1v) is 2.70. The van der Waals surface area contributed by atoms with Gasteiger partial charge in [-0.1, -0.05) is 34.6 Å². The fourth-order valence-corrected chi connectivity index (χ4v) is 0. The molecule has 0 fully saturated rings. The summed E-state index contributed by atoms with van der Waals surface area (Å²) >= 11 is 0. The fourth-order valence-electron chi connectivity index (χ4n) is 0. The lowest BCUT2D eigenvalue weighted by molar-refractivity contribution is 1.09. The van der Waals surface area contributed by atoms with E-state index in [-0.39, 0.29) is 7.43 Å². The molecule has 0 rings (SSSR count). The second-order valence-corrected chi connectivity index (χ2v) is 1.22. The van der Waals surface area contributed by atoms with E-state index in [2.05, 4.69) is 13.8 Å². The Kier molecular flexibility index (Phi) is 61.7. The van der Waals surface area contributed by atoms with Crippen molar-refractivity contribution in [3.63, 3.8) is 0 Å². The molecular weight excluding hydrogens is 98.1 g/mol. The Morgan fingerprint density at radius 1 is 1.25 bits per heavy atom. The van der Waals surface area contributed by atoms with Crippen LogP contribution in [0.4, 0.5) is 0 Å². The topological polar surface area (TPSA) is 23.8 Å². The molecule has 0 heterocycles. The van der Waals surface area contributed by atoms with Gasteiger partial charge < -0.3 is 0 Å². The van der Waals surface area contributed by atoms with E-state index in [0.29, 0.717) is 6.42 Å². The van der Waals surface area contributed by atoms with E-state index in [1.807, 2.05) is 13.0 Å². The van der Waals surface area contributed by atoms with Gasteiger partial charge in [0.05, 0.1) is 6.07 Å². The van der Waals surface area contributed by atoms with Crippen molar-refractivity contribution in [3.8, 4) is 6.07 Å². The van der Waals surface area contributed by atoms with E-state index in [9.17, 15) is 0 Å². The molecule has 0 aliphatic carbocycles. The average Bonchev–Trinajstić information content (AvgIpc) is 1.69. The Balaban J connectivity index is -0.0000000575. The van der Waals surface area contributed by atoms with Gasteiger partial charge in [0.15, 0.2) is 0 Å². The third-order valence-electron chi connectivity index (χ3n) is 0.158. The largest absolute Gasteiger partial charge is 0.198 e. The first-order chi connectivity index (χ1) is 3.33. The third-order valence-corrected chi connectivity index (χ3v) is 0.158. The molecule has 0 unspecified atom stereocenters. The second kappa shape index (κ2) is 31.5. The van der Waals surface area contributed by atoms with Crippen molar-refractivity contribution in [2.75, 3.05) is 0 Å². The van der Waals surface area contributed by atoms with Crippen LogP contribution in [0, 0.1) is 11.3 Å². The lowest BCUT2D eigenvalue weighted by atomic mass is 10.6. The summed E-state index contributed by atoms with van der Waals surface area (Å²) in [5.41, 5.74) is 0. The Labute approximate surface area is 53.3 Å². The highest BCUT2D eigenvalue weighted by molar-refractivity contribution is 4.61. The molecule has 0 aromatic rings. The molecule has 0 amide bonds. The standard InChI is InChI=1S/C3H5N.C3H8.CH4/c1-2-3-4;1-3-2;/h2H2,1H3;3H2,1-2H3;1H4. The molecule has 8 heavy (non-hydrogen) atoms. The number of rotatable bonds is 0. The molecule has 0 radical (unpaired) electrons. The summed E-state index contributed by atoms with van der Waals surface area (Å²) in [7, 11) is 0. The van der Waals surface area contributed by atoms with Crippen molar-refractivity contribution in [1.29, 1.82) is 5.26 Å². The predicted molar refractivity (Wildman–Crippen MR) is 38.6 cm³/mol. The van der Waals surface area contributed by atoms with Crippen molar-refractivity contribution < 1.29 is 0 Å². The van der Waals surface area contributed by atoms with Crippen molar-refractivity contribution in [1.82, 2.24) is 0 Å². The van der Waals surface area contributed by atoms with E-state index < -0.39 is 0 Å². The van der Waals surface area contributed by atoms with Gasteiger partial charge in [-0.15, -0.1) is 0 Å². The van der Waals surface area contributed by atoms with Gasteiger partial charge >= 0.3 is 0 Å². The zero-order valence-corrected chi connectivity index (χ0v) is 5.36. The molecule has 0 spiro atoms. The molecule has 1 heteroatoms. The summed E-state index contributed by atoms with van der Waals surface area (Å²) in [6, 6.07) is 1.93. The summed E-state index contributed by atoms with van der Waals surface area (Å²) in [4.78, 5) is 0. The minimum absolute atomic E-state index is 0. The van der Waals surface area contributed by atoms with Crippen LogP contribution in [0.15, 0.2) is 0 Å². The summed E-state index contributed by atoms with van der Waals surface area (Å²) in [5, 5.41) is 7.62. The summed E-state index contributed by atoms with van der Waals surface area (Å²) in [5.74, 6) is 0. The quantitative estimate of drug-likeness (QED) is 0.476. The Morgan fingerprint density at radius 2 is 1.38 bits per heavy atom. The molecule has 50 valence electrons. The summed E-state index contributed by atoms with van der Waals surface area (Å²) in [6.07, 6.45) is 1.88. The maximum Gasteiger partial charge on any atom is 0.0618 e. The van der Waals surface area contributed by atoms with Gasteiger partial charge in [-0.25, -0.2) is 0 Å². The van der Waals surface area contributed by atoms with Gasteiger partial charge in [-0.2, -0.15) is 5.26 Å². The van der Waals surface area contributed by atoms with Crippen LogP contribution >= 0.6 is 0 Å². The molecule has 0 saturated heterocycles. The molecule has 0 saturated carbocycles. The van der Waals surface area contributed by atoms with Crippen molar-refractivity contribution in [2.24, 2.45) is 0 Å². The van der Waals surface area contributed by atoms with Gasteiger partial charge in [0.2, 0.25) is 0 Å². The maximum absolute atomic E-state index is 7.62. The Hall–Kier alpha value is -0.510. The highest BCUT2D eigenvalue weighted by atomic mass is 14.2. The third kappa shape index (κ3) is 461. The number of hydrogen-bond acceptors (Lipinski definition) is 1. The van der Waals surface area contributed by atoms with E-state index in [1.165, 1.54) is 6.42 Å². The van der Waals surface area contributed by atoms with E-state index in [1.54, 1.807) is 0 Å². The number of nitrogens with zero attached hydrogens (tertiary/aromatic N) is 1. The smallest absolute Gasteiger partial charge is 0.0618 e. The van der Waals surface area contributed by atoms with Crippen molar-refractivity contribution in [2.45, 2.75) is 41.0 Å². The van der Waals surface area contributed by atoms with Crippen LogP contribution in [0.25, 0.3) is 0 Å². The van der Waals surface area contributed by atoms with Gasteiger partial charge in [0.25, 0.3) is 0 Å². The first-order valence-electron chi connectivity index (χ1n) is 2.70. The normalized spacial score (nSPS) is 4.75. The minimum Gasteiger partial charge on any atom is -0.198 e.